The quantitative estimate of drug-likeness (QED) is 0.297. The van der Waals surface area contributed by atoms with E-state index in [-0.39, 0.29) is 0 Å². The van der Waals surface area contributed by atoms with E-state index in [2.05, 4.69) is 22.7 Å². The van der Waals surface area contributed by atoms with Gasteiger partial charge in [0.05, 0.1) is 5.71 Å². The second-order valence-electron chi connectivity index (χ2n) is 7.74. The van der Waals surface area contributed by atoms with Crippen molar-refractivity contribution in [2.75, 3.05) is 0 Å². The summed E-state index contributed by atoms with van der Waals surface area (Å²) in [7, 11) is 0. The molecule has 4 rings (SSSR count). The maximum absolute atomic E-state index is 13.3. The highest BCUT2D eigenvalue weighted by molar-refractivity contribution is 6.01. The van der Waals surface area contributed by atoms with Crippen LogP contribution in [0.3, 0.4) is 0 Å². The van der Waals surface area contributed by atoms with Crippen molar-refractivity contribution in [2.45, 2.75) is 18.9 Å². The Morgan fingerprint density at radius 1 is 0.727 bits per heavy atom. The first-order valence-electron chi connectivity index (χ1n) is 11.0. The molecule has 4 nitrogen and oxygen atoms in total. The molecule has 0 aliphatic carbocycles. The van der Waals surface area contributed by atoms with Crippen LogP contribution >= 0.6 is 0 Å². The summed E-state index contributed by atoms with van der Waals surface area (Å²) in [6.45, 7) is 1.98. The predicted octanol–water partition coefficient (Wildman–Crippen LogP) is 5.52. The van der Waals surface area contributed by atoms with Crippen LogP contribution in [0.4, 0.5) is 0 Å². The van der Waals surface area contributed by atoms with E-state index >= 15 is 0 Å². The van der Waals surface area contributed by atoms with E-state index < -0.39 is 11.5 Å². The van der Waals surface area contributed by atoms with Crippen molar-refractivity contribution in [1.82, 2.24) is 5.43 Å². The first-order chi connectivity index (χ1) is 16.1. The fourth-order valence-corrected chi connectivity index (χ4v) is 3.82. The smallest absolute Gasteiger partial charge is 0.281 e. The van der Waals surface area contributed by atoms with Gasteiger partial charge in [-0.3, -0.25) is 4.79 Å². The standard InChI is InChI=1S/C29H26N2O2/c1-2-27(24-20-18-23(19-21-24)22-12-6-3-7-13-22)30-31-28(32)29(33,25-14-8-4-9-15-25)26-16-10-5-11-17-26/h3-21,33H,2H2,1H3,(H,31,32)/b30-27-. The molecule has 4 aromatic carbocycles. The summed E-state index contributed by atoms with van der Waals surface area (Å²) in [6, 6.07) is 36.1. The maximum atomic E-state index is 13.3. The molecule has 0 unspecified atom stereocenters. The minimum atomic E-state index is -1.86. The fourth-order valence-electron chi connectivity index (χ4n) is 3.82. The Morgan fingerprint density at radius 2 is 1.18 bits per heavy atom. The molecule has 0 saturated heterocycles. The largest absolute Gasteiger partial charge is 0.372 e. The lowest BCUT2D eigenvalue weighted by molar-refractivity contribution is -0.136. The summed E-state index contributed by atoms with van der Waals surface area (Å²) in [4.78, 5) is 13.3. The van der Waals surface area contributed by atoms with E-state index in [0.717, 1.165) is 22.4 Å². The molecule has 0 aliphatic rings. The molecule has 0 bridgehead atoms. The SMILES string of the molecule is CC/C(=N/NC(=O)C(O)(c1ccccc1)c1ccccc1)c1ccc(-c2ccccc2)cc1. The number of nitrogens with one attached hydrogen (secondary N) is 1. The molecule has 0 aromatic heterocycles. The highest BCUT2D eigenvalue weighted by Gasteiger charge is 2.40. The zero-order chi connectivity index (χ0) is 23.1. The number of hydrogen-bond donors (Lipinski definition) is 2. The van der Waals surface area contributed by atoms with Gasteiger partial charge in [0.15, 0.2) is 5.60 Å². The Labute approximate surface area is 194 Å². The maximum Gasteiger partial charge on any atom is 0.281 e. The summed E-state index contributed by atoms with van der Waals surface area (Å²) in [5.41, 5.74) is 5.62. The highest BCUT2D eigenvalue weighted by Crippen LogP contribution is 2.30. The Bertz CT molecular complexity index is 1180. The fraction of sp³-hybridized carbons (Fsp3) is 0.103. The van der Waals surface area contributed by atoms with E-state index in [1.165, 1.54) is 0 Å². The third-order valence-corrected chi connectivity index (χ3v) is 5.66. The van der Waals surface area contributed by atoms with Crippen molar-refractivity contribution < 1.29 is 9.90 Å². The van der Waals surface area contributed by atoms with Crippen LogP contribution in [0.25, 0.3) is 11.1 Å². The van der Waals surface area contributed by atoms with Crippen LogP contribution in [-0.2, 0) is 10.4 Å². The van der Waals surface area contributed by atoms with Gasteiger partial charge in [0.1, 0.15) is 0 Å². The van der Waals surface area contributed by atoms with E-state index in [9.17, 15) is 9.90 Å². The molecule has 0 atom stereocenters. The molecule has 0 heterocycles. The van der Waals surface area contributed by atoms with Gasteiger partial charge in [-0.1, -0.05) is 122 Å². The lowest BCUT2D eigenvalue weighted by atomic mass is 9.85. The van der Waals surface area contributed by atoms with Gasteiger partial charge in [-0.2, -0.15) is 5.10 Å². The third kappa shape index (κ3) is 4.76. The molecular weight excluding hydrogens is 408 g/mol. The van der Waals surface area contributed by atoms with Crippen LogP contribution in [0.5, 0.6) is 0 Å². The summed E-state index contributed by atoms with van der Waals surface area (Å²) in [5, 5.41) is 15.9. The van der Waals surface area contributed by atoms with Crippen LogP contribution in [0.2, 0.25) is 0 Å². The number of hydrogen-bond acceptors (Lipinski definition) is 3. The Kier molecular flexibility index (Phi) is 6.77. The average molecular weight is 435 g/mol. The molecule has 0 spiro atoms. The molecule has 0 radical (unpaired) electrons. The molecule has 33 heavy (non-hydrogen) atoms. The van der Waals surface area contributed by atoms with Crippen molar-refractivity contribution in [3.05, 3.63) is 132 Å². The molecule has 0 saturated carbocycles. The first kappa shape index (κ1) is 22.2. The van der Waals surface area contributed by atoms with Crippen LogP contribution in [0.1, 0.15) is 30.0 Å². The third-order valence-electron chi connectivity index (χ3n) is 5.66. The lowest BCUT2D eigenvalue weighted by Crippen LogP contribution is -2.44. The number of rotatable bonds is 7. The molecule has 2 N–H and O–H groups in total. The van der Waals surface area contributed by atoms with Crippen molar-refractivity contribution in [2.24, 2.45) is 5.10 Å². The Morgan fingerprint density at radius 3 is 1.67 bits per heavy atom. The second kappa shape index (κ2) is 10.1. The topological polar surface area (TPSA) is 61.7 Å². The van der Waals surface area contributed by atoms with Gasteiger partial charge in [0.25, 0.3) is 5.91 Å². The van der Waals surface area contributed by atoms with E-state index in [1.807, 2.05) is 61.5 Å². The van der Waals surface area contributed by atoms with E-state index in [0.29, 0.717) is 17.5 Å². The molecule has 0 fully saturated rings. The first-order valence-corrected chi connectivity index (χ1v) is 11.0. The number of benzene rings is 4. The van der Waals surface area contributed by atoms with E-state index in [1.54, 1.807) is 48.5 Å². The van der Waals surface area contributed by atoms with Crippen LogP contribution in [0.15, 0.2) is 120 Å². The van der Waals surface area contributed by atoms with Gasteiger partial charge >= 0.3 is 0 Å². The monoisotopic (exact) mass is 434 g/mol. The average Bonchev–Trinajstić information content (AvgIpc) is 2.90. The number of hydrazone groups is 1. The van der Waals surface area contributed by atoms with Crippen LogP contribution in [0, 0.1) is 0 Å². The number of aliphatic hydroxyl groups is 1. The van der Waals surface area contributed by atoms with Gasteiger partial charge in [-0.15, -0.1) is 0 Å². The minimum absolute atomic E-state index is 0.481. The van der Waals surface area contributed by atoms with Crippen LogP contribution in [-0.4, -0.2) is 16.7 Å². The highest BCUT2D eigenvalue weighted by atomic mass is 16.3. The van der Waals surface area contributed by atoms with Crippen molar-refractivity contribution in [1.29, 1.82) is 0 Å². The number of nitrogens with zero attached hydrogens (tertiary/aromatic N) is 1. The normalized spacial score (nSPS) is 11.8. The van der Waals surface area contributed by atoms with Crippen LogP contribution < -0.4 is 5.43 Å². The molecule has 0 aliphatic heterocycles. The number of carbonyl (C=O) groups is 1. The Hall–Kier alpha value is -4.02. The van der Waals surface area contributed by atoms with Gasteiger partial charge in [-0.05, 0) is 34.2 Å². The van der Waals surface area contributed by atoms with Gasteiger partial charge in [0, 0.05) is 0 Å². The van der Waals surface area contributed by atoms with Crippen molar-refractivity contribution >= 4 is 11.6 Å². The Balaban J connectivity index is 1.61. The summed E-state index contributed by atoms with van der Waals surface area (Å²) >= 11 is 0. The van der Waals surface area contributed by atoms with Crippen molar-refractivity contribution in [3.63, 3.8) is 0 Å². The molecular formula is C29H26N2O2. The molecule has 164 valence electrons. The van der Waals surface area contributed by atoms with Gasteiger partial charge in [0.2, 0.25) is 0 Å². The van der Waals surface area contributed by atoms with Gasteiger partial charge < -0.3 is 5.11 Å². The van der Waals surface area contributed by atoms with E-state index in [4.69, 9.17) is 0 Å². The molecule has 4 heteroatoms. The molecule has 1 amide bonds. The zero-order valence-electron chi connectivity index (χ0n) is 18.5. The second-order valence-corrected chi connectivity index (χ2v) is 7.74. The number of amides is 1. The van der Waals surface area contributed by atoms with Gasteiger partial charge in [-0.25, -0.2) is 5.43 Å². The number of carbonyl (C=O) groups excluding carboxylic acids is 1. The minimum Gasteiger partial charge on any atom is -0.372 e. The zero-order valence-corrected chi connectivity index (χ0v) is 18.5. The lowest BCUT2D eigenvalue weighted by Gasteiger charge is -2.27. The van der Waals surface area contributed by atoms with Crippen molar-refractivity contribution in [3.8, 4) is 11.1 Å². The summed E-state index contributed by atoms with van der Waals surface area (Å²) in [5.74, 6) is -0.605. The predicted molar refractivity (Wildman–Crippen MR) is 133 cm³/mol. The summed E-state index contributed by atoms with van der Waals surface area (Å²) in [6.07, 6.45) is 0.625. The molecule has 4 aromatic rings. The summed E-state index contributed by atoms with van der Waals surface area (Å²) < 4.78 is 0.